The van der Waals surface area contributed by atoms with Crippen LogP contribution in [0.4, 0.5) is 5.69 Å². The number of halogens is 1. The quantitative estimate of drug-likeness (QED) is 0.416. The zero-order chi connectivity index (χ0) is 21.6. The van der Waals surface area contributed by atoms with E-state index in [1.54, 1.807) is 36.4 Å². The molecule has 0 bridgehead atoms. The molecule has 0 spiro atoms. The van der Waals surface area contributed by atoms with E-state index in [0.717, 1.165) is 11.3 Å². The molecule has 0 radical (unpaired) electrons. The Kier molecular flexibility index (Phi) is 4.83. The van der Waals surface area contributed by atoms with Crippen molar-refractivity contribution >= 4 is 40.5 Å². The number of carboxylic acid groups (broad SMARTS) is 1. The van der Waals surface area contributed by atoms with Gasteiger partial charge in [0.2, 0.25) is 5.91 Å². The number of carboxylic acids is 1. The number of nitrogens with zero attached hydrogens (tertiary/aromatic N) is 1. The van der Waals surface area contributed by atoms with E-state index in [1.807, 2.05) is 0 Å². The molecule has 1 aliphatic carbocycles. The summed E-state index contributed by atoms with van der Waals surface area (Å²) < 4.78 is 0.355. The molecule has 3 N–H and O–H groups in total. The van der Waals surface area contributed by atoms with Crippen molar-refractivity contribution in [3.8, 4) is 21.6 Å². The van der Waals surface area contributed by atoms with Gasteiger partial charge in [0.15, 0.2) is 0 Å². The lowest BCUT2D eigenvalue weighted by atomic mass is 9.93. The average Bonchev–Trinajstić information content (AvgIpc) is 3.44. The Morgan fingerprint density at radius 1 is 1.10 bits per heavy atom. The molecule has 1 saturated carbocycles. The van der Waals surface area contributed by atoms with E-state index < -0.39 is 22.2 Å². The highest BCUT2D eigenvalue weighted by Crippen LogP contribution is 2.49. The van der Waals surface area contributed by atoms with E-state index in [0.29, 0.717) is 44.3 Å². The minimum absolute atomic E-state index is 0.139. The van der Waals surface area contributed by atoms with Gasteiger partial charge < -0.3 is 10.8 Å². The first-order valence-electron chi connectivity index (χ1n) is 8.95. The second-order valence-electron chi connectivity index (χ2n) is 7.11. The van der Waals surface area contributed by atoms with Gasteiger partial charge in [-0.05, 0) is 41.7 Å². The van der Waals surface area contributed by atoms with Crippen LogP contribution in [0.5, 0.6) is 0 Å². The molecule has 30 heavy (non-hydrogen) atoms. The molecule has 0 aliphatic heterocycles. The molecule has 152 valence electrons. The third-order valence-electron chi connectivity index (χ3n) is 5.33. The monoisotopic (exact) mass is 442 g/mol. The van der Waals surface area contributed by atoms with E-state index in [-0.39, 0.29) is 11.3 Å². The largest absolute Gasteiger partial charge is 0.481 e. The van der Waals surface area contributed by atoms with Crippen molar-refractivity contribution in [3.05, 3.63) is 74.1 Å². The molecular weight excluding hydrogens is 428 g/mol. The Morgan fingerprint density at radius 3 is 2.27 bits per heavy atom. The van der Waals surface area contributed by atoms with Crippen LogP contribution in [-0.4, -0.2) is 21.9 Å². The molecule has 1 aromatic heterocycles. The summed E-state index contributed by atoms with van der Waals surface area (Å²) in [5.41, 5.74) is 6.77. The number of nitro groups is 1. The van der Waals surface area contributed by atoms with Gasteiger partial charge in [-0.15, -0.1) is 11.3 Å². The zero-order valence-corrected chi connectivity index (χ0v) is 17.0. The Morgan fingerprint density at radius 2 is 1.73 bits per heavy atom. The first kappa shape index (κ1) is 20.1. The lowest BCUT2D eigenvalue weighted by Crippen LogP contribution is -2.19. The fourth-order valence-corrected chi connectivity index (χ4v) is 4.77. The minimum Gasteiger partial charge on any atom is -0.481 e. The number of hydrogen-bond acceptors (Lipinski definition) is 5. The van der Waals surface area contributed by atoms with Gasteiger partial charge in [0, 0.05) is 10.9 Å². The Hall–Kier alpha value is -3.23. The number of rotatable bonds is 6. The molecule has 7 nitrogen and oxygen atoms in total. The summed E-state index contributed by atoms with van der Waals surface area (Å²) in [4.78, 5) is 34.9. The Balaban J connectivity index is 1.76. The van der Waals surface area contributed by atoms with Gasteiger partial charge in [0.1, 0.15) is 0 Å². The molecule has 2 aromatic carbocycles. The standard InChI is InChI=1S/C21H15ClN2O5S/c22-17-10-15(19(23)25)18(30-17)12-3-6-14(16(9-12)24(28)29)11-1-4-13(5-2-11)21(7-8-21)20(26)27/h1-6,9-10H,7-8H2,(H2,23,25)(H,26,27). The van der Waals surface area contributed by atoms with E-state index in [4.69, 9.17) is 17.3 Å². The summed E-state index contributed by atoms with van der Waals surface area (Å²) in [5, 5.41) is 21.2. The summed E-state index contributed by atoms with van der Waals surface area (Å²) in [7, 11) is 0. The molecule has 1 fully saturated rings. The number of carbonyl (C=O) groups is 2. The number of amides is 1. The first-order chi connectivity index (χ1) is 14.2. The summed E-state index contributed by atoms with van der Waals surface area (Å²) in [6.45, 7) is 0. The fraction of sp³-hybridized carbons (Fsp3) is 0.143. The third kappa shape index (κ3) is 3.34. The van der Waals surface area contributed by atoms with Crippen LogP contribution >= 0.6 is 22.9 Å². The predicted molar refractivity (Wildman–Crippen MR) is 114 cm³/mol. The number of nitro benzene ring substituents is 1. The average molecular weight is 443 g/mol. The molecule has 1 heterocycles. The SMILES string of the molecule is NC(=O)c1cc(Cl)sc1-c1ccc(-c2ccc(C3(C(=O)O)CC3)cc2)c([N+](=O)[O-])c1. The van der Waals surface area contributed by atoms with Gasteiger partial charge in [0.25, 0.3) is 5.69 Å². The van der Waals surface area contributed by atoms with E-state index >= 15 is 0 Å². The molecule has 4 rings (SSSR count). The number of benzene rings is 2. The summed E-state index contributed by atoms with van der Waals surface area (Å²) in [5.74, 6) is -1.52. The van der Waals surface area contributed by atoms with Gasteiger partial charge in [-0.25, -0.2) is 0 Å². The fourth-order valence-electron chi connectivity index (χ4n) is 3.55. The molecule has 0 atom stereocenters. The van der Waals surface area contributed by atoms with Gasteiger partial charge in [0.05, 0.1) is 25.8 Å². The van der Waals surface area contributed by atoms with Crippen molar-refractivity contribution in [2.75, 3.05) is 0 Å². The van der Waals surface area contributed by atoms with Crippen molar-refractivity contribution in [2.24, 2.45) is 5.73 Å². The maximum atomic E-state index is 11.7. The summed E-state index contributed by atoms with van der Waals surface area (Å²) in [6, 6.07) is 12.9. The number of hydrogen-bond donors (Lipinski definition) is 2. The Bertz CT molecular complexity index is 1200. The van der Waals surface area contributed by atoms with Crippen LogP contribution in [0, 0.1) is 10.1 Å². The molecule has 0 unspecified atom stereocenters. The van der Waals surface area contributed by atoms with Crippen molar-refractivity contribution in [3.63, 3.8) is 0 Å². The molecule has 1 amide bonds. The van der Waals surface area contributed by atoms with Crippen LogP contribution in [0.3, 0.4) is 0 Å². The highest BCUT2D eigenvalue weighted by molar-refractivity contribution is 7.19. The second kappa shape index (κ2) is 7.23. The minimum atomic E-state index is -0.856. The first-order valence-corrected chi connectivity index (χ1v) is 10.1. The smallest absolute Gasteiger partial charge is 0.314 e. The maximum absolute atomic E-state index is 11.7. The second-order valence-corrected chi connectivity index (χ2v) is 8.79. The topological polar surface area (TPSA) is 124 Å². The Labute approximate surface area is 179 Å². The predicted octanol–water partition coefficient (Wildman–Crippen LogP) is 4.86. The van der Waals surface area contributed by atoms with Crippen LogP contribution in [0.25, 0.3) is 21.6 Å². The zero-order valence-electron chi connectivity index (χ0n) is 15.4. The third-order valence-corrected chi connectivity index (χ3v) is 6.65. The van der Waals surface area contributed by atoms with Crippen LogP contribution in [0.15, 0.2) is 48.5 Å². The van der Waals surface area contributed by atoms with Gasteiger partial charge in [-0.3, -0.25) is 19.7 Å². The van der Waals surface area contributed by atoms with Gasteiger partial charge >= 0.3 is 5.97 Å². The highest BCUT2D eigenvalue weighted by Gasteiger charge is 2.51. The van der Waals surface area contributed by atoms with Crippen molar-refractivity contribution in [1.82, 2.24) is 0 Å². The molecule has 3 aromatic rings. The molecular formula is C21H15ClN2O5S. The maximum Gasteiger partial charge on any atom is 0.314 e. The van der Waals surface area contributed by atoms with Crippen LogP contribution in [0.1, 0.15) is 28.8 Å². The number of thiophene rings is 1. The van der Waals surface area contributed by atoms with Crippen molar-refractivity contribution in [2.45, 2.75) is 18.3 Å². The van der Waals surface area contributed by atoms with Gasteiger partial charge in [-0.2, -0.15) is 0 Å². The molecule has 0 saturated heterocycles. The summed E-state index contributed by atoms with van der Waals surface area (Å²) >= 11 is 7.12. The lowest BCUT2D eigenvalue weighted by Gasteiger charge is -2.11. The highest BCUT2D eigenvalue weighted by atomic mass is 35.5. The van der Waals surface area contributed by atoms with Crippen molar-refractivity contribution < 1.29 is 19.6 Å². The number of nitrogens with two attached hydrogens (primary N) is 1. The van der Waals surface area contributed by atoms with Crippen LogP contribution in [0.2, 0.25) is 4.34 Å². The van der Waals surface area contributed by atoms with Gasteiger partial charge in [-0.1, -0.05) is 41.9 Å². The lowest BCUT2D eigenvalue weighted by molar-refractivity contribution is -0.384. The molecule has 1 aliphatic rings. The van der Waals surface area contributed by atoms with E-state index in [9.17, 15) is 24.8 Å². The van der Waals surface area contributed by atoms with Crippen LogP contribution in [-0.2, 0) is 10.2 Å². The van der Waals surface area contributed by atoms with E-state index in [1.165, 1.54) is 12.1 Å². The number of aliphatic carboxylic acids is 1. The van der Waals surface area contributed by atoms with E-state index in [2.05, 4.69) is 0 Å². The van der Waals surface area contributed by atoms with Crippen molar-refractivity contribution in [1.29, 1.82) is 0 Å². The normalized spacial score (nSPS) is 14.3. The number of primary amides is 1. The number of carbonyl (C=O) groups excluding carboxylic acids is 1. The summed E-state index contributed by atoms with van der Waals surface area (Å²) in [6.07, 6.45) is 1.17. The van der Waals surface area contributed by atoms with Crippen LogP contribution < -0.4 is 5.73 Å². The molecule has 9 heteroatoms.